The molecule has 2 N–H and O–H groups in total. The van der Waals surface area contributed by atoms with Crippen molar-refractivity contribution >= 4 is 5.97 Å². The molecular weight excluding hydrogens is 252 g/mol. The standard InChI is InChI=1S/C16H24N2O2/c1-11-6-14(9-16(2,3)8-11)20-15(19)12-4-5-18-13(7-12)10-17/h4-5,7,11,14H,6,8-10,17H2,1-3H3. The molecule has 20 heavy (non-hydrogen) atoms. The summed E-state index contributed by atoms with van der Waals surface area (Å²) in [7, 11) is 0. The van der Waals surface area contributed by atoms with Gasteiger partial charge in [-0.25, -0.2) is 4.79 Å². The lowest BCUT2D eigenvalue weighted by molar-refractivity contribution is -0.00716. The summed E-state index contributed by atoms with van der Waals surface area (Å²) in [5, 5.41) is 0. The molecule has 0 aromatic carbocycles. The summed E-state index contributed by atoms with van der Waals surface area (Å²) in [6.45, 7) is 7.03. The normalized spacial score (nSPS) is 25.2. The lowest BCUT2D eigenvalue weighted by atomic mass is 9.71. The van der Waals surface area contributed by atoms with E-state index in [9.17, 15) is 4.79 Å². The van der Waals surface area contributed by atoms with E-state index in [0.29, 0.717) is 23.7 Å². The van der Waals surface area contributed by atoms with Crippen molar-refractivity contribution in [2.24, 2.45) is 17.1 Å². The van der Waals surface area contributed by atoms with Gasteiger partial charge in [0, 0.05) is 12.7 Å². The molecule has 1 aliphatic carbocycles. The van der Waals surface area contributed by atoms with Crippen LogP contribution in [0.1, 0.15) is 56.1 Å². The molecule has 4 nitrogen and oxygen atoms in total. The quantitative estimate of drug-likeness (QED) is 0.862. The Morgan fingerprint density at radius 2 is 2.25 bits per heavy atom. The highest BCUT2D eigenvalue weighted by molar-refractivity contribution is 5.89. The highest BCUT2D eigenvalue weighted by Crippen LogP contribution is 2.39. The number of carbonyl (C=O) groups is 1. The topological polar surface area (TPSA) is 65.2 Å². The Kier molecular flexibility index (Phi) is 4.43. The molecule has 1 aromatic rings. The molecule has 2 unspecified atom stereocenters. The van der Waals surface area contributed by atoms with Crippen molar-refractivity contribution in [2.75, 3.05) is 0 Å². The van der Waals surface area contributed by atoms with Gasteiger partial charge in [0.1, 0.15) is 6.10 Å². The molecule has 0 aliphatic heterocycles. The van der Waals surface area contributed by atoms with Gasteiger partial charge in [-0.15, -0.1) is 0 Å². The van der Waals surface area contributed by atoms with Crippen LogP contribution in [-0.2, 0) is 11.3 Å². The van der Waals surface area contributed by atoms with Crippen LogP contribution in [0.4, 0.5) is 0 Å². The van der Waals surface area contributed by atoms with Crippen LogP contribution in [0.15, 0.2) is 18.3 Å². The van der Waals surface area contributed by atoms with E-state index in [-0.39, 0.29) is 17.5 Å². The summed E-state index contributed by atoms with van der Waals surface area (Å²) in [5.74, 6) is 0.325. The lowest BCUT2D eigenvalue weighted by Gasteiger charge is -2.38. The number of aromatic nitrogens is 1. The fourth-order valence-electron chi connectivity index (χ4n) is 3.28. The maximum absolute atomic E-state index is 12.2. The molecule has 4 heteroatoms. The number of nitrogens with zero attached hydrogens (tertiary/aromatic N) is 1. The zero-order valence-electron chi connectivity index (χ0n) is 12.6. The molecule has 2 atom stereocenters. The molecular formula is C16H24N2O2. The number of hydrogen-bond acceptors (Lipinski definition) is 4. The van der Waals surface area contributed by atoms with Gasteiger partial charge in [0.05, 0.1) is 11.3 Å². The van der Waals surface area contributed by atoms with Crippen LogP contribution in [0.25, 0.3) is 0 Å². The maximum Gasteiger partial charge on any atom is 0.338 e. The SMILES string of the molecule is CC1CC(OC(=O)c2ccnc(CN)c2)CC(C)(C)C1. The molecule has 1 aromatic heterocycles. The minimum atomic E-state index is -0.267. The third-order valence-corrected chi connectivity index (χ3v) is 3.88. The fourth-order valence-corrected chi connectivity index (χ4v) is 3.28. The highest BCUT2D eigenvalue weighted by atomic mass is 16.5. The Balaban J connectivity index is 2.03. The highest BCUT2D eigenvalue weighted by Gasteiger charge is 2.34. The van der Waals surface area contributed by atoms with Gasteiger partial charge in [0.2, 0.25) is 0 Å². The van der Waals surface area contributed by atoms with Gasteiger partial charge in [-0.1, -0.05) is 20.8 Å². The molecule has 1 aliphatic rings. The van der Waals surface area contributed by atoms with E-state index in [1.165, 1.54) is 6.42 Å². The van der Waals surface area contributed by atoms with Crippen molar-refractivity contribution < 1.29 is 9.53 Å². The molecule has 1 fully saturated rings. The van der Waals surface area contributed by atoms with Gasteiger partial charge in [0.15, 0.2) is 0 Å². The molecule has 1 saturated carbocycles. The van der Waals surface area contributed by atoms with Crippen LogP contribution >= 0.6 is 0 Å². The summed E-state index contributed by atoms with van der Waals surface area (Å²) in [5.41, 5.74) is 7.03. The van der Waals surface area contributed by atoms with Gasteiger partial charge in [-0.3, -0.25) is 4.98 Å². The zero-order valence-corrected chi connectivity index (χ0v) is 12.6. The van der Waals surface area contributed by atoms with Crippen LogP contribution in [-0.4, -0.2) is 17.1 Å². The number of nitrogens with two attached hydrogens (primary N) is 1. The molecule has 2 rings (SSSR count). The number of ether oxygens (including phenoxy) is 1. The van der Waals surface area contributed by atoms with E-state index < -0.39 is 0 Å². The van der Waals surface area contributed by atoms with E-state index in [1.807, 2.05) is 0 Å². The van der Waals surface area contributed by atoms with Crippen molar-refractivity contribution in [3.8, 4) is 0 Å². The van der Waals surface area contributed by atoms with Crippen LogP contribution in [0.3, 0.4) is 0 Å². The van der Waals surface area contributed by atoms with Crippen LogP contribution in [0.2, 0.25) is 0 Å². The van der Waals surface area contributed by atoms with Gasteiger partial charge >= 0.3 is 5.97 Å². The Morgan fingerprint density at radius 3 is 2.90 bits per heavy atom. The largest absolute Gasteiger partial charge is 0.459 e. The Labute approximate surface area is 120 Å². The molecule has 1 heterocycles. The third-order valence-electron chi connectivity index (χ3n) is 3.88. The molecule has 0 radical (unpaired) electrons. The van der Waals surface area contributed by atoms with Crippen molar-refractivity contribution in [3.63, 3.8) is 0 Å². The van der Waals surface area contributed by atoms with Gasteiger partial charge in [-0.05, 0) is 42.7 Å². The van der Waals surface area contributed by atoms with Crippen molar-refractivity contribution in [1.29, 1.82) is 0 Å². The summed E-state index contributed by atoms with van der Waals surface area (Å²) >= 11 is 0. The van der Waals surface area contributed by atoms with Gasteiger partial charge in [-0.2, -0.15) is 0 Å². The lowest BCUT2D eigenvalue weighted by Crippen LogP contribution is -2.34. The Hall–Kier alpha value is -1.42. The first-order chi connectivity index (χ1) is 9.39. The summed E-state index contributed by atoms with van der Waals surface area (Å²) in [4.78, 5) is 16.3. The smallest absolute Gasteiger partial charge is 0.338 e. The van der Waals surface area contributed by atoms with Gasteiger partial charge < -0.3 is 10.5 Å². The second-order valence-electron chi connectivity index (χ2n) is 6.68. The first kappa shape index (κ1) is 15.0. The predicted molar refractivity (Wildman–Crippen MR) is 78.1 cm³/mol. The van der Waals surface area contributed by atoms with Crippen molar-refractivity contribution in [1.82, 2.24) is 4.98 Å². The summed E-state index contributed by atoms with van der Waals surface area (Å²) in [6, 6.07) is 3.39. The Morgan fingerprint density at radius 1 is 1.50 bits per heavy atom. The average molecular weight is 276 g/mol. The second kappa shape index (κ2) is 5.92. The summed E-state index contributed by atoms with van der Waals surface area (Å²) < 4.78 is 5.68. The predicted octanol–water partition coefficient (Wildman–Crippen LogP) is 2.91. The summed E-state index contributed by atoms with van der Waals surface area (Å²) in [6.07, 6.45) is 4.68. The maximum atomic E-state index is 12.2. The number of esters is 1. The Bertz CT molecular complexity index is 485. The average Bonchev–Trinajstić information content (AvgIpc) is 2.36. The molecule has 0 amide bonds. The number of pyridine rings is 1. The second-order valence-corrected chi connectivity index (χ2v) is 6.68. The minimum Gasteiger partial charge on any atom is -0.459 e. The monoisotopic (exact) mass is 276 g/mol. The molecule has 0 bridgehead atoms. The third kappa shape index (κ3) is 3.79. The van der Waals surface area contributed by atoms with Crippen LogP contribution < -0.4 is 5.73 Å². The molecule has 110 valence electrons. The zero-order chi connectivity index (χ0) is 14.8. The van der Waals surface area contributed by atoms with E-state index >= 15 is 0 Å². The van der Waals surface area contributed by atoms with Crippen molar-refractivity contribution in [2.45, 2.75) is 52.7 Å². The first-order valence-corrected chi connectivity index (χ1v) is 7.25. The van der Waals surface area contributed by atoms with E-state index in [2.05, 4.69) is 25.8 Å². The van der Waals surface area contributed by atoms with Crippen LogP contribution in [0.5, 0.6) is 0 Å². The number of hydrogen-bond donors (Lipinski definition) is 1. The fraction of sp³-hybridized carbons (Fsp3) is 0.625. The molecule has 0 spiro atoms. The number of carbonyl (C=O) groups excluding carboxylic acids is 1. The first-order valence-electron chi connectivity index (χ1n) is 7.25. The number of rotatable bonds is 3. The van der Waals surface area contributed by atoms with Gasteiger partial charge in [0.25, 0.3) is 0 Å². The van der Waals surface area contributed by atoms with E-state index in [1.54, 1.807) is 18.3 Å². The van der Waals surface area contributed by atoms with E-state index in [0.717, 1.165) is 12.8 Å². The molecule has 0 saturated heterocycles. The van der Waals surface area contributed by atoms with Crippen molar-refractivity contribution in [3.05, 3.63) is 29.6 Å². The minimum absolute atomic E-state index is 0.00995. The van der Waals surface area contributed by atoms with Crippen LogP contribution in [0, 0.1) is 11.3 Å². The van der Waals surface area contributed by atoms with E-state index in [4.69, 9.17) is 10.5 Å².